The van der Waals surface area contributed by atoms with Crippen molar-refractivity contribution in [2.75, 3.05) is 16.5 Å². The molecule has 1 aliphatic rings. The van der Waals surface area contributed by atoms with Crippen LogP contribution >= 0.6 is 0 Å². The first-order valence-corrected chi connectivity index (χ1v) is 25.4. The molecular formula is C66H70N4O. The van der Waals surface area contributed by atoms with Crippen molar-refractivity contribution >= 4 is 44.6 Å². The van der Waals surface area contributed by atoms with E-state index in [1.807, 2.05) is 6.20 Å². The molecule has 3 heterocycles. The van der Waals surface area contributed by atoms with Gasteiger partial charge in [-0.3, -0.25) is 4.57 Å². The van der Waals surface area contributed by atoms with Crippen molar-refractivity contribution < 1.29 is 4.74 Å². The molecule has 0 atom stereocenters. The Labute approximate surface area is 422 Å². The van der Waals surface area contributed by atoms with E-state index in [-0.39, 0.29) is 27.1 Å². The zero-order chi connectivity index (χ0) is 50.3. The summed E-state index contributed by atoms with van der Waals surface area (Å²) in [6.45, 7) is 30.6. The second kappa shape index (κ2) is 17.3. The molecule has 9 aromatic rings. The topological polar surface area (TPSA) is 33.5 Å². The van der Waals surface area contributed by atoms with Crippen LogP contribution in [0.5, 0.6) is 11.5 Å². The summed E-state index contributed by atoms with van der Waals surface area (Å²) in [5.74, 6) is 2.43. The summed E-state index contributed by atoms with van der Waals surface area (Å²) >= 11 is 0. The highest BCUT2D eigenvalue weighted by atomic mass is 16.5. The number of aromatic nitrogens is 2. The molecule has 0 saturated carbocycles. The minimum absolute atomic E-state index is 0.0138. The minimum atomic E-state index is -0.213. The molecule has 0 amide bonds. The Morgan fingerprint density at radius 2 is 0.915 bits per heavy atom. The number of ether oxygens (including phenoxy) is 1. The number of hydrogen-bond donors (Lipinski definition) is 0. The highest BCUT2D eigenvalue weighted by Crippen LogP contribution is 2.49. The molecule has 0 fully saturated rings. The van der Waals surface area contributed by atoms with Gasteiger partial charge in [-0.1, -0.05) is 181 Å². The van der Waals surface area contributed by atoms with Crippen LogP contribution in [0.25, 0.3) is 27.6 Å². The molecule has 0 radical (unpaired) electrons. The number of benzene rings is 7. The van der Waals surface area contributed by atoms with Crippen LogP contribution in [0.15, 0.2) is 176 Å². The highest BCUT2D eigenvalue weighted by molar-refractivity contribution is 6.09. The second-order valence-electron chi connectivity index (χ2n) is 24.0. The van der Waals surface area contributed by atoms with Gasteiger partial charge in [-0.25, -0.2) is 4.98 Å². The van der Waals surface area contributed by atoms with Crippen LogP contribution in [0.1, 0.15) is 129 Å². The zero-order valence-corrected chi connectivity index (χ0v) is 44.1. The Bertz CT molecular complexity index is 3400. The van der Waals surface area contributed by atoms with Gasteiger partial charge in [-0.2, -0.15) is 0 Å². The van der Waals surface area contributed by atoms with E-state index in [1.54, 1.807) is 0 Å². The van der Waals surface area contributed by atoms with Gasteiger partial charge >= 0.3 is 0 Å². The summed E-state index contributed by atoms with van der Waals surface area (Å²) in [5.41, 5.74) is 15.3. The molecule has 0 bridgehead atoms. The number of rotatable bonds is 9. The van der Waals surface area contributed by atoms with Crippen molar-refractivity contribution in [2.24, 2.45) is 0 Å². The van der Waals surface area contributed by atoms with Crippen molar-refractivity contribution in [3.8, 4) is 17.3 Å². The number of fused-ring (bicyclic) bond motifs is 4. The average molecular weight is 935 g/mol. The lowest BCUT2D eigenvalue weighted by Gasteiger charge is -2.29. The molecule has 10 rings (SSSR count). The third-order valence-corrected chi connectivity index (χ3v) is 15.2. The fraction of sp³-hybridized carbons (Fsp3) is 0.288. The molecule has 2 aromatic heterocycles. The first kappa shape index (κ1) is 47.6. The van der Waals surface area contributed by atoms with E-state index in [4.69, 9.17) is 9.72 Å². The van der Waals surface area contributed by atoms with Gasteiger partial charge in [0.25, 0.3) is 0 Å². The molecule has 0 spiro atoms. The third kappa shape index (κ3) is 8.90. The predicted octanol–water partition coefficient (Wildman–Crippen LogP) is 17.8. The summed E-state index contributed by atoms with van der Waals surface area (Å²) in [5, 5.41) is 2.33. The van der Waals surface area contributed by atoms with Gasteiger partial charge in [0.05, 0.1) is 22.4 Å². The number of hydrogen-bond acceptors (Lipinski definition) is 4. The lowest BCUT2D eigenvalue weighted by molar-refractivity contribution is 0.483. The minimum Gasteiger partial charge on any atom is -0.457 e. The number of nitrogens with zero attached hydrogens (tertiary/aromatic N) is 4. The summed E-state index contributed by atoms with van der Waals surface area (Å²) in [6, 6.07) is 62.4. The van der Waals surface area contributed by atoms with E-state index >= 15 is 0 Å². The first-order valence-electron chi connectivity index (χ1n) is 25.4. The summed E-state index contributed by atoms with van der Waals surface area (Å²) < 4.78 is 9.29. The van der Waals surface area contributed by atoms with Crippen LogP contribution in [0.2, 0.25) is 0 Å². The van der Waals surface area contributed by atoms with Gasteiger partial charge in [0.2, 0.25) is 0 Å². The standard InChI is InChI=1S/C66H70N4O/c1-62(2,3)46-33-34-67-61(40-46)70-58-38-47(65(10,11)44-21-16-14-17-22-44)27-30-55(58)56-31-29-54(42-59(56)70)71-53-26-20-25-51(41-53)68-43-69(52-36-49(63(4,5)6)35-50(37-52)64(7,8)9)57-32-28-48(39-60(57)68)66(12,13)45-23-18-15-19-24-45/h14-42H,43H2,1-13H3. The monoisotopic (exact) mass is 935 g/mol. The summed E-state index contributed by atoms with van der Waals surface area (Å²) in [4.78, 5) is 10.00. The molecule has 71 heavy (non-hydrogen) atoms. The van der Waals surface area contributed by atoms with Crippen molar-refractivity contribution in [3.05, 3.63) is 215 Å². The molecule has 5 heteroatoms. The van der Waals surface area contributed by atoms with Crippen molar-refractivity contribution in [3.63, 3.8) is 0 Å². The molecule has 0 N–H and O–H groups in total. The average Bonchev–Trinajstić information content (AvgIpc) is 3.89. The van der Waals surface area contributed by atoms with Gasteiger partial charge in [-0.05, 0) is 122 Å². The van der Waals surface area contributed by atoms with Crippen LogP contribution in [0.3, 0.4) is 0 Å². The fourth-order valence-electron chi connectivity index (χ4n) is 10.3. The van der Waals surface area contributed by atoms with Crippen LogP contribution in [0.4, 0.5) is 22.7 Å². The van der Waals surface area contributed by atoms with Crippen LogP contribution in [0, 0.1) is 0 Å². The number of anilines is 4. The van der Waals surface area contributed by atoms with E-state index < -0.39 is 0 Å². The zero-order valence-electron chi connectivity index (χ0n) is 44.1. The summed E-state index contributed by atoms with van der Waals surface area (Å²) in [7, 11) is 0. The Morgan fingerprint density at radius 1 is 0.380 bits per heavy atom. The fourth-order valence-corrected chi connectivity index (χ4v) is 10.3. The van der Waals surface area contributed by atoms with Crippen LogP contribution < -0.4 is 14.5 Å². The molecule has 0 saturated heterocycles. The van der Waals surface area contributed by atoms with Gasteiger partial charge in [0.1, 0.15) is 24.0 Å². The second-order valence-corrected chi connectivity index (χ2v) is 24.0. The largest absolute Gasteiger partial charge is 0.457 e. The van der Waals surface area contributed by atoms with E-state index in [1.165, 1.54) is 61.4 Å². The molecular weight excluding hydrogens is 865 g/mol. The first-order chi connectivity index (χ1) is 33.6. The maximum Gasteiger partial charge on any atom is 0.137 e. The lowest BCUT2D eigenvalue weighted by Crippen LogP contribution is -2.25. The Kier molecular flexibility index (Phi) is 11.6. The van der Waals surface area contributed by atoms with Crippen LogP contribution in [-0.4, -0.2) is 16.2 Å². The molecule has 1 aliphatic heterocycles. The molecule has 7 aromatic carbocycles. The number of pyridine rings is 1. The Hall–Kier alpha value is -7.11. The van der Waals surface area contributed by atoms with Crippen molar-refractivity contribution in [2.45, 2.75) is 117 Å². The van der Waals surface area contributed by atoms with E-state index in [0.717, 1.165) is 39.4 Å². The lowest BCUT2D eigenvalue weighted by atomic mass is 9.78. The smallest absolute Gasteiger partial charge is 0.137 e. The maximum atomic E-state index is 6.96. The molecule has 360 valence electrons. The quantitative estimate of drug-likeness (QED) is 0.144. The van der Waals surface area contributed by atoms with E-state index in [9.17, 15) is 0 Å². The van der Waals surface area contributed by atoms with E-state index in [2.05, 4.69) is 274 Å². The van der Waals surface area contributed by atoms with E-state index in [0.29, 0.717) is 6.67 Å². The normalized spacial score (nSPS) is 13.6. The van der Waals surface area contributed by atoms with Gasteiger partial charge in [0, 0.05) is 51.3 Å². The SMILES string of the molecule is CC(C)(C)c1cc(N2CN(c3cccc(Oc4ccc5c6ccc(C(C)(C)c7ccccc7)cc6n(-c6cc(C(C)(C)C)ccn6)c5c4)c3)c3cc(C(C)(C)c4ccccc4)ccc32)cc(C(C)(C)C)c1. The summed E-state index contributed by atoms with van der Waals surface area (Å²) in [6.07, 6.45) is 1.95. The molecule has 0 aliphatic carbocycles. The van der Waals surface area contributed by atoms with Gasteiger partial charge in [-0.15, -0.1) is 0 Å². The Balaban J connectivity index is 1.07. The molecule has 0 unspecified atom stereocenters. The van der Waals surface area contributed by atoms with Gasteiger partial charge in [0.15, 0.2) is 0 Å². The Morgan fingerprint density at radius 3 is 1.52 bits per heavy atom. The van der Waals surface area contributed by atoms with Gasteiger partial charge < -0.3 is 14.5 Å². The van der Waals surface area contributed by atoms with Crippen molar-refractivity contribution in [1.82, 2.24) is 9.55 Å². The van der Waals surface area contributed by atoms with Crippen molar-refractivity contribution in [1.29, 1.82) is 0 Å². The van der Waals surface area contributed by atoms with Crippen LogP contribution in [-0.2, 0) is 27.1 Å². The molecule has 5 nitrogen and oxygen atoms in total. The maximum absolute atomic E-state index is 6.96. The predicted molar refractivity (Wildman–Crippen MR) is 300 cm³/mol. The highest BCUT2D eigenvalue weighted by Gasteiger charge is 2.34. The third-order valence-electron chi connectivity index (χ3n) is 15.2.